The Labute approximate surface area is 121 Å². The van der Waals surface area contributed by atoms with Gasteiger partial charge in [0.05, 0.1) is 0 Å². The van der Waals surface area contributed by atoms with Gasteiger partial charge in [-0.1, -0.05) is 0 Å². The summed E-state index contributed by atoms with van der Waals surface area (Å²) in [5, 5.41) is 14.8. The molecule has 0 unspecified atom stereocenters. The smallest absolute Gasteiger partial charge is 0.396 e. The first-order valence-electron chi connectivity index (χ1n) is 6.58. The van der Waals surface area contributed by atoms with Gasteiger partial charge in [-0.3, -0.25) is 9.48 Å². The summed E-state index contributed by atoms with van der Waals surface area (Å²) >= 11 is 0. The van der Waals surface area contributed by atoms with Crippen molar-refractivity contribution in [1.29, 1.82) is 0 Å². The molecule has 0 saturated heterocycles. The maximum atomic E-state index is 12.9. The van der Waals surface area contributed by atoms with Crippen molar-refractivity contribution in [2.45, 2.75) is 51.9 Å². The Morgan fingerprint density at radius 1 is 1.38 bits per heavy atom. The van der Waals surface area contributed by atoms with Crippen molar-refractivity contribution in [1.82, 2.24) is 15.1 Å². The summed E-state index contributed by atoms with van der Waals surface area (Å²) in [5.41, 5.74) is -1.48. The van der Waals surface area contributed by atoms with E-state index in [4.69, 9.17) is 5.11 Å². The zero-order valence-corrected chi connectivity index (χ0v) is 12.3. The number of aryl methyl sites for hydroxylation is 1. The minimum absolute atomic E-state index is 0.0138. The molecule has 8 heteroatoms. The van der Waals surface area contributed by atoms with Crippen molar-refractivity contribution in [2.75, 3.05) is 6.61 Å². The predicted octanol–water partition coefficient (Wildman–Crippen LogP) is 1.74. The quantitative estimate of drug-likeness (QED) is 0.871. The van der Waals surface area contributed by atoms with Crippen LogP contribution in [0.4, 0.5) is 13.2 Å². The number of aromatic nitrogens is 2. The van der Waals surface area contributed by atoms with Crippen LogP contribution < -0.4 is 5.32 Å². The van der Waals surface area contributed by atoms with E-state index in [1.54, 1.807) is 20.8 Å². The lowest BCUT2D eigenvalue weighted by molar-refractivity contribution is -0.142. The lowest BCUT2D eigenvalue weighted by Gasteiger charge is -2.20. The number of aliphatic hydroxyl groups excluding tert-OH is 1. The number of carbonyl (C=O) groups is 1. The average molecular weight is 307 g/mol. The molecule has 0 aliphatic heterocycles. The van der Waals surface area contributed by atoms with Gasteiger partial charge in [-0.25, -0.2) is 0 Å². The summed E-state index contributed by atoms with van der Waals surface area (Å²) in [5.74, 6) is -0.410. The Morgan fingerprint density at radius 3 is 2.48 bits per heavy atom. The highest BCUT2D eigenvalue weighted by Crippen LogP contribution is 2.31. The summed E-state index contributed by atoms with van der Waals surface area (Å²) in [6, 6.07) is 0. The second-order valence-electron chi connectivity index (χ2n) is 5.82. The van der Waals surface area contributed by atoms with Crippen molar-refractivity contribution < 1.29 is 23.1 Å². The molecule has 2 N–H and O–H groups in total. The molecule has 0 bridgehead atoms. The van der Waals surface area contributed by atoms with Gasteiger partial charge in [-0.15, -0.1) is 0 Å². The SMILES string of the molecule is CC(C)(C)NC(=O)Cn1cc(CCCO)c(C(F)(F)F)n1. The zero-order valence-electron chi connectivity index (χ0n) is 12.3. The van der Waals surface area contributed by atoms with E-state index in [9.17, 15) is 18.0 Å². The molecule has 0 saturated carbocycles. The number of carbonyl (C=O) groups excluding carboxylic acids is 1. The summed E-state index contributed by atoms with van der Waals surface area (Å²) in [7, 11) is 0. The van der Waals surface area contributed by atoms with E-state index >= 15 is 0 Å². The number of halogens is 3. The molecule has 0 spiro atoms. The molecule has 1 heterocycles. The number of nitrogens with zero attached hydrogens (tertiary/aromatic N) is 2. The van der Waals surface area contributed by atoms with Gasteiger partial charge in [0, 0.05) is 23.9 Å². The fourth-order valence-electron chi connectivity index (χ4n) is 1.84. The number of alkyl halides is 3. The number of nitrogens with one attached hydrogen (secondary N) is 1. The van der Waals surface area contributed by atoms with Crippen LogP contribution in [0.15, 0.2) is 6.20 Å². The fourth-order valence-corrected chi connectivity index (χ4v) is 1.84. The molecule has 21 heavy (non-hydrogen) atoms. The van der Waals surface area contributed by atoms with Crippen LogP contribution in [-0.4, -0.2) is 32.9 Å². The van der Waals surface area contributed by atoms with Crippen LogP contribution in [-0.2, 0) is 23.9 Å². The van der Waals surface area contributed by atoms with E-state index in [0.717, 1.165) is 4.68 Å². The number of hydrogen-bond acceptors (Lipinski definition) is 3. The third-order valence-corrected chi connectivity index (χ3v) is 2.53. The molecule has 1 aromatic heterocycles. The van der Waals surface area contributed by atoms with Gasteiger partial charge in [0.1, 0.15) is 6.54 Å². The van der Waals surface area contributed by atoms with Crippen molar-refractivity contribution >= 4 is 5.91 Å². The minimum Gasteiger partial charge on any atom is -0.396 e. The molecule has 0 fully saturated rings. The molecule has 120 valence electrons. The van der Waals surface area contributed by atoms with Gasteiger partial charge in [-0.05, 0) is 33.6 Å². The lowest BCUT2D eigenvalue weighted by Crippen LogP contribution is -2.42. The first-order valence-corrected chi connectivity index (χ1v) is 6.58. The Kier molecular flexibility index (Phi) is 5.38. The summed E-state index contributed by atoms with van der Waals surface area (Å²) in [6.07, 6.45) is -3.09. The van der Waals surface area contributed by atoms with Crippen LogP contribution in [0.3, 0.4) is 0 Å². The number of aliphatic hydroxyl groups is 1. The summed E-state index contributed by atoms with van der Waals surface area (Å²) in [6.45, 7) is 4.86. The molecule has 1 amide bonds. The van der Waals surface area contributed by atoms with Crippen molar-refractivity contribution in [3.63, 3.8) is 0 Å². The highest BCUT2D eigenvalue weighted by molar-refractivity contribution is 5.76. The highest BCUT2D eigenvalue weighted by atomic mass is 19.4. The molecule has 5 nitrogen and oxygen atoms in total. The van der Waals surface area contributed by atoms with Crippen LogP contribution in [0.2, 0.25) is 0 Å². The maximum Gasteiger partial charge on any atom is 0.435 e. The van der Waals surface area contributed by atoms with Gasteiger partial charge in [0.15, 0.2) is 5.69 Å². The van der Waals surface area contributed by atoms with Gasteiger partial charge in [0.25, 0.3) is 0 Å². The van der Waals surface area contributed by atoms with E-state index in [2.05, 4.69) is 10.4 Å². The molecule has 0 aliphatic rings. The fraction of sp³-hybridized carbons (Fsp3) is 0.692. The van der Waals surface area contributed by atoms with Crippen molar-refractivity contribution in [2.24, 2.45) is 0 Å². The predicted molar refractivity (Wildman–Crippen MR) is 70.5 cm³/mol. The molecular formula is C13H20F3N3O2. The van der Waals surface area contributed by atoms with Gasteiger partial charge < -0.3 is 10.4 Å². The molecule has 0 aromatic carbocycles. The number of hydrogen-bond donors (Lipinski definition) is 2. The van der Waals surface area contributed by atoms with Crippen LogP contribution >= 0.6 is 0 Å². The normalized spacial score (nSPS) is 12.5. The van der Waals surface area contributed by atoms with E-state index < -0.39 is 23.3 Å². The van der Waals surface area contributed by atoms with E-state index in [0.29, 0.717) is 0 Å². The molecule has 1 aromatic rings. The van der Waals surface area contributed by atoms with Crippen LogP contribution in [0, 0.1) is 0 Å². The van der Waals surface area contributed by atoms with Crippen molar-refractivity contribution in [3.8, 4) is 0 Å². The van der Waals surface area contributed by atoms with E-state index in [1.165, 1.54) is 6.20 Å². The molecule has 0 atom stereocenters. The first kappa shape index (κ1) is 17.5. The molecule has 0 radical (unpaired) electrons. The third kappa shape index (κ3) is 5.74. The lowest BCUT2D eigenvalue weighted by atomic mass is 10.1. The Morgan fingerprint density at radius 2 is 2.00 bits per heavy atom. The topological polar surface area (TPSA) is 67.2 Å². The van der Waals surface area contributed by atoms with Crippen LogP contribution in [0.5, 0.6) is 0 Å². The standard InChI is InChI=1S/C13H20F3N3O2/c1-12(2,3)17-10(21)8-19-7-9(5-4-6-20)11(18-19)13(14,15)16/h7,20H,4-6,8H2,1-3H3,(H,17,21). The average Bonchev–Trinajstić information content (AvgIpc) is 2.66. The summed E-state index contributed by atoms with van der Waals surface area (Å²) in [4.78, 5) is 11.7. The van der Waals surface area contributed by atoms with Crippen LogP contribution in [0.25, 0.3) is 0 Å². The van der Waals surface area contributed by atoms with E-state index in [-0.39, 0.29) is 31.6 Å². The maximum absolute atomic E-state index is 12.9. The number of rotatable bonds is 5. The monoisotopic (exact) mass is 307 g/mol. The highest BCUT2D eigenvalue weighted by Gasteiger charge is 2.37. The van der Waals surface area contributed by atoms with Gasteiger partial charge in [-0.2, -0.15) is 18.3 Å². The van der Waals surface area contributed by atoms with Gasteiger partial charge in [0.2, 0.25) is 5.91 Å². The van der Waals surface area contributed by atoms with Gasteiger partial charge >= 0.3 is 6.18 Å². The molecule has 0 aliphatic carbocycles. The minimum atomic E-state index is -4.57. The second-order valence-corrected chi connectivity index (χ2v) is 5.82. The third-order valence-electron chi connectivity index (χ3n) is 2.53. The Bertz CT molecular complexity index is 490. The Balaban J connectivity index is 2.89. The zero-order chi connectivity index (χ0) is 16.3. The second kappa shape index (κ2) is 6.46. The van der Waals surface area contributed by atoms with Crippen LogP contribution in [0.1, 0.15) is 38.4 Å². The first-order chi connectivity index (χ1) is 9.53. The Hall–Kier alpha value is -1.57. The molecular weight excluding hydrogens is 287 g/mol. The van der Waals surface area contributed by atoms with Crippen molar-refractivity contribution in [3.05, 3.63) is 17.5 Å². The largest absolute Gasteiger partial charge is 0.435 e. The molecule has 1 rings (SSSR count). The van der Waals surface area contributed by atoms with E-state index in [1.807, 2.05) is 0 Å². The number of amides is 1. The summed E-state index contributed by atoms with van der Waals surface area (Å²) < 4.78 is 39.6.